The number of furan rings is 1. The van der Waals surface area contributed by atoms with E-state index in [9.17, 15) is 4.79 Å². The van der Waals surface area contributed by atoms with Crippen LogP contribution in [0.2, 0.25) is 0 Å². The standard InChI is InChI=1S/C25H22N4O2/c1-28(2)19-12-10-18(11-13-19)23-24-27-21(15-20-9-6-14-31-20)25(30)29(24)16-22(26-23)17-7-4-3-5-8-17/h3-14,16,21H,15H2,1-2H3/p+1. The van der Waals surface area contributed by atoms with Crippen LogP contribution >= 0.6 is 0 Å². The highest BCUT2D eigenvalue weighted by atomic mass is 16.3. The number of carbonyl (C=O) groups is 1. The molecule has 2 aromatic heterocycles. The van der Waals surface area contributed by atoms with E-state index in [4.69, 9.17) is 9.40 Å². The van der Waals surface area contributed by atoms with Gasteiger partial charge in [0, 0.05) is 30.9 Å². The Labute approximate surface area is 180 Å². The Kier molecular flexibility index (Phi) is 4.75. The molecular weight excluding hydrogens is 388 g/mol. The van der Waals surface area contributed by atoms with Gasteiger partial charge >= 0.3 is 11.7 Å². The normalized spacial score (nSPS) is 14.9. The van der Waals surface area contributed by atoms with Crippen LogP contribution in [0.25, 0.3) is 22.5 Å². The molecule has 5 rings (SSSR count). The Balaban J connectivity index is 1.61. The van der Waals surface area contributed by atoms with Crippen molar-refractivity contribution in [1.82, 2.24) is 4.98 Å². The fourth-order valence-corrected chi connectivity index (χ4v) is 3.84. The number of nitrogens with one attached hydrogen (secondary N) is 1. The molecular formula is C25H23N4O2+. The van der Waals surface area contributed by atoms with E-state index in [2.05, 4.69) is 22.3 Å². The van der Waals surface area contributed by atoms with E-state index in [0.29, 0.717) is 12.2 Å². The minimum Gasteiger partial charge on any atom is -0.469 e. The number of anilines is 2. The molecule has 0 fully saturated rings. The van der Waals surface area contributed by atoms with Gasteiger partial charge in [0.1, 0.15) is 17.7 Å². The Hall–Kier alpha value is -3.93. The van der Waals surface area contributed by atoms with Crippen LogP contribution in [0.15, 0.2) is 83.6 Å². The molecule has 0 amide bonds. The molecule has 0 bridgehead atoms. The van der Waals surface area contributed by atoms with Crippen LogP contribution in [0.1, 0.15) is 10.6 Å². The third-order valence-corrected chi connectivity index (χ3v) is 5.51. The minimum atomic E-state index is -0.404. The fraction of sp³-hybridized carbons (Fsp3) is 0.160. The number of hydrogen-bond acceptors (Lipinski definition) is 5. The van der Waals surface area contributed by atoms with Crippen molar-refractivity contribution in [2.45, 2.75) is 12.5 Å². The second kappa shape index (κ2) is 7.72. The van der Waals surface area contributed by atoms with Crippen LogP contribution in [0.3, 0.4) is 0 Å². The highest BCUT2D eigenvalue weighted by Gasteiger charge is 2.41. The summed E-state index contributed by atoms with van der Waals surface area (Å²) in [5.74, 6) is 1.46. The van der Waals surface area contributed by atoms with E-state index < -0.39 is 6.04 Å². The fourth-order valence-electron chi connectivity index (χ4n) is 3.84. The number of fused-ring (bicyclic) bond motifs is 1. The molecule has 4 aromatic rings. The number of hydrogen-bond donors (Lipinski definition) is 1. The molecule has 0 saturated heterocycles. The van der Waals surface area contributed by atoms with Crippen molar-refractivity contribution in [2.24, 2.45) is 0 Å². The highest BCUT2D eigenvalue weighted by Crippen LogP contribution is 2.31. The average molecular weight is 411 g/mol. The van der Waals surface area contributed by atoms with Crippen molar-refractivity contribution < 1.29 is 13.8 Å². The van der Waals surface area contributed by atoms with Crippen molar-refractivity contribution in [2.75, 3.05) is 24.3 Å². The summed E-state index contributed by atoms with van der Waals surface area (Å²) in [5, 5.41) is 3.39. The lowest BCUT2D eigenvalue weighted by molar-refractivity contribution is -0.551. The van der Waals surface area contributed by atoms with Crippen molar-refractivity contribution >= 4 is 17.4 Å². The van der Waals surface area contributed by atoms with Gasteiger partial charge in [-0.3, -0.25) is 5.32 Å². The van der Waals surface area contributed by atoms with Gasteiger partial charge in [0.15, 0.2) is 5.69 Å². The largest absolute Gasteiger partial charge is 0.469 e. The summed E-state index contributed by atoms with van der Waals surface area (Å²) < 4.78 is 7.16. The lowest BCUT2D eigenvalue weighted by Crippen LogP contribution is -2.43. The Morgan fingerprint density at radius 2 is 1.77 bits per heavy atom. The van der Waals surface area contributed by atoms with Gasteiger partial charge in [0.25, 0.3) is 0 Å². The minimum absolute atomic E-state index is 0.0165. The molecule has 0 aliphatic carbocycles. The predicted octanol–water partition coefficient (Wildman–Crippen LogP) is 4.04. The highest BCUT2D eigenvalue weighted by molar-refractivity contribution is 5.87. The number of aromatic nitrogens is 2. The molecule has 1 aliphatic heterocycles. The first kappa shape index (κ1) is 19.1. The third-order valence-electron chi connectivity index (χ3n) is 5.51. The maximum Gasteiger partial charge on any atom is 0.359 e. The van der Waals surface area contributed by atoms with Crippen molar-refractivity contribution in [3.05, 3.63) is 85.0 Å². The van der Waals surface area contributed by atoms with Gasteiger partial charge < -0.3 is 9.32 Å². The van der Waals surface area contributed by atoms with E-state index in [-0.39, 0.29) is 5.91 Å². The van der Waals surface area contributed by atoms with E-state index in [1.54, 1.807) is 10.8 Å². The van der Waals surface area contributed by atoms with E-state index in [1.807, 2.05) is 74.9 Å². The first-order valence-corrected chi connectivity index (χ1v) is 10.2. The summed E-state index contributed by atoms with van der Waals surface area (Å²) >= 11 is 0. The van der Waals surface area contributed by atoms with Crippen molar-refractivity contribution in [1.29, 1.82) is 0 Å². The van der Waals surface area contributed by atoms with Crippen LogP contribution in [0, 0.1) is 0 Å². The second-order valence-corrected chi connectivity index (χ2v) is 7.82. The first-order valence-electron chi connectivity index (χ1n) is 10.2. The van der Waals surface area contributed by atoms with Gasteiger partial charge in [0.2, 0.25) is 6.04 Å². The van der Waals surface area contributed by atoms with Crippen LogP contribution in [0.4, 0.5) is 11.5 Å². The summed E-state index contributed by atoms with van der Waals surface area (Å²) in [5.41, 5.74) is 4.52. The number of carbonyl (C=O) groups excluding carboxylic acids is 1. The van der Waals surface area contributed by atoms with Crippen LogP contribution in [-0.2, 0) is 6.42 Å². The van der Waals surface area contributed by atoms with Crippen LogP contribution in [0.5, 0.6) is 0 Å². The maximum atomic E-state index is 13.3. The molecule has 1 atom stereocenters. The quantitative estimate of drug-likeness (QED) is 0.502. The number of nitrogens with zero attached hydrogens (tertiary/aromatic N) is 3. The smallest absolute Gasteiger partial charge is 0.359 e. The Morgan fingerprint density at radius 3 is 2.45 bits per heavy atom. The molecule has 1 aliphatic rings. The summed E-state index contributed by atoms with van der Waals surface area (Å²) in [6.45, 7) is 0. The zero-order chi connectivity index (χ0) is 21.4. The molecule has 2 aromatic carbocycles. The van der Waals surface area contributed by atoms with E-state index in [1.165, 1.54) is 0 Å². The zero-order valence-corrected chi connectivity index (χ0v) is 17.4. The Bertz CT molecular complexity index is 1220. The monoisotopic (exact) mass is 411 g/mol. The Morgan fingerprint density at radius 1 is 1.00 bits per heavy atom. The van der Waals surface area contributed by atoms with Gasteiger partial charge in [0.05, 0.1) is 12.7 Å². The number of rotatable bonds is 5. The molecule has 1 unspecified atom stereocenters. The van der Waals surface area contributed by atoms with Crippen molar-refractivity contribution in [3.8, 4) is 22.5 Å². The van der Waals surface area contributed by atoms with Gasteiger partial charge in [-0.05, 0) is 24.3 Å². The summed E-state index contributed by atoms with van der Waals surface area (Å²) in [6, 6.07) is 21.4. The summed E-state index contributed by atoms with van der Waals surface area (Å²) in [4.78, 5) is 20.3. The first-order chi connectivity index (χ1) is 15.1. The summed E-state index contributed by atoms with van der Waals surface area (Å²) in [6.07, 6.45) is 3.93. The van der Waals surface area contributed by atoms with Crippen molar-refractivity contribution in [3.63, 3.8) is 0 Å². The maximum absolute atomic E-state index is 13.3. The number of benzene rings is 2. The van der Waals surface area contributed by atoms with E-state index in [0.717, 1.165) is 34.0 Å². The topological polar surface area (TPSA) is 62.2 Å². The van der Waals surface area contributed by atoms with Crippen LogP contribution in [-0.4, -0.2) is 31.0 Å². The van der Waals surface area contributed by atoms with Crippen LogP contribution < -0.4 is 14.8 Å². The third kappa shape index (κ3) is 3.57. The average Bonchev–Trinajstić information content (AvgIpc) is 3.42. The molecule has 3 heterocycles. The summed E-state index contributed by atoms with van der Waals surface area (Å²) in [7, 11) is 4.02. The molecule has 6 nitrogen and oxygen atoms in total. The van der Waals surface area contributed by atoms with Gasteiger partial charge in [-0.2, -0.15) is 4.57 Å². The molecule has 0 radical (unpaired) electrons. The van der Waals surface area contributed by atoms with Gasteiger partial charge in [-0.15, -0.1) is 0 Å². The predicted molar refractivity (Wildman–Crippen MR) is 120 cm³/mol. The molecule has 0 saturated carbocycles. The molecule has 31 heavy (non-hydrogen) atoms. The molecule has 154 valence electrons. The lowest BCUT2D eigenvalue weighted by Gasteiger charge is -2.13. The zero-order valence-electron chi connectivity index (χ0n) is 17.4. The molecule has 0 spiro atoms. The van der Waals surface area contributed by atoms with E-state index >= 15 is 0 Å². The SMILES string of the molecule is CN(C)c1ccc(-c2nc(-c3ccccc3)c[n+]3c2NC(Cc2ccco2)C3=O)cc1. The van der Waals surface area contributed by atoms with Gasteiger partial charge in [-0.1, -0.05) is 42.5 Å². The lowest BCUT2D eigenvalue weighted by atomic mass is 10.1. The molecule has 1 N–H and O–H groups in total. The second-order valence-electron chi connectivity index (χ2n) is 7.82. The van der Waals surface area contributed by atoms with Gasteiger partial charge in [-0.25, -0.2) is 9.78 Å². The molecule has 6 heteroatoms.